The van der Waals surface area contributed by atoms with Crippen molar-refractivity contribution < 1.29 is 0 Å². The lowest BCUT2D eigenvalue weighted by Crippen LogP contribution is -2.19. The smallest absolute Gasteiger partial charge is 0.0438 e. The van der Waals surface area contributed by atoms with Gasteiger partial charge in [-0.25, -0.2) is 0 Å². The van der Waals surface area contributed by atoms with E-state index in [1.807, 2.05) is 13.0 Å². The molecule has 1 nitrogen and oxygen atoms in total. The molecule has 2 heteroatoms. The summed E-state index contributed by atoms with van der Waals surface area (Å²) < 4.78 is 0. The van der Waals surface area contributed by atoms with E-state index in [1.54, 1.807) is 0 Å². The van der Waals surface area contributed by atoms with Gasteiger partial charge in [-0.1, -0.05) is 30.7 Å². The van der Waals surface area contributed by atoms with Gasteiger partial charge in [0.15, 0.2) is 0 Å². The maximum Gasteiger partial charge on any atom is 0.0438 e. The van der Waals surface area contributed by atoms with Crippen LogP contribution in [0.25, 0.3) is 0 Å². The van der Waals surface area contributed by atoms with Crippen LogP contribution in [0.15, 0.2) is 18.2 Å². The van der Waals surface area contributed by atoms with Crippen LogP contribution in [-0.2, 0) is 0 Å². The Hall–Kier alpha value is -0.530. The van der Waals surface area contributed by atoms with Gasteiger partial charge in [0.2, 0.25) is 0 Å². The topological polar surface area (TPSA) is 12.0 Å². The van der Waals surface area contributed by atoms with E-state index in [0.29, 0.717) is 6.04 Å². The second kappa shape index (κ2) is 5.38. The fraction of sp³-hybridized carbons (Fsp3) is 0.500. The van der Waals surface area contributed by atoms with Crippen molar-refractivity contribution in [2.45, 2.75) is 33.2 Å². The van der Waals surface area contributed by atoms with Crippen molar-refractivity contribution in [1.29, 1.82) is 0 Å². The molecule has 0 aromatic heterocycles. The molecule has 0 amide bonds. The minimum atomic E-state index is 0.382. The van der Waals surface area contributed by atoms with Crippen LogP contribution >= 0.6 is 11.6 Å². The van der Waals surface area contributed by atoms with Gasteiger partial charge in [0.25, 0.3) is 0 Å². The number of hydrogen-bond acceptors (Lipinski definition) is 1. The average molecular weight is 212 g/mol. The first-order valence-corrected chi connectivity index (χ1v) is 5.52. The Kier molecular flexibility index (Phi) is 4.43. The Morgan fingerprint density at radius 1 is 1.43 bits per heavy atom. The molecule has 0 heterocycles. The van der Waals surface area contributed by atoms with Crippen molar-refractivity contribution in [2.75, 3.05) is 6.54 Å². The SMILES string of the molecule is CCCNC(C)c1ccc(C)c(Cl)c1. The summed E-state index contributed by atoms with van der Waals surface area (Å²) >= 11 is 6.06. The molecule has 1 atom stereocenters. The van der Waals surface area contributed by atoms with E-state index in [2.05, 4.69) is 31.3 Å². The Bertz CT molecular complexity index is 296. The van der Waals surface area contributed by atoms with Gasteiger partial charge in [0, 0.05) is 11.1 Å². The van der Waals surface area contributed by atoms with E-state index in [1.165, 1.54) is 5.56 Å². The van der Waals surface area contributed by atoms with Crippen LogP contribution in [0.4, 0.5) is 0 Å². The minimum absolute atomic E-state index is 0.382. The molecular weight excluding hydrogens is 194 g/mol. The normalized spacial score (nSPS) is 12.9. The molecule has 1 N–H and O–H groups in total. The fourth-order valence-corrected chi connectivity index (χ4v) is 1.55. The van der Waals surface area contributed by atoms with E-state index >= 15 is 0 Å². The molecule has 0 bridgehead atoms. The molecule has 0 aliphatic carbocycles. The molecule has 1 aromatic rings. The van der Waals surface area contributed by atoms with Crippen molar-refractivity contribution in [3.63, 3.8) is 0 Å². The van der Waals surface area contributed by atoms with Crippen molar-refractivity contribution in [3.8, 4) is 0 Å². The molecule has 14 heavy (non-hydrogen) atoms. The zero-order valence-corrected chi connectivity index (χ0v) is 9.86. The van der Waals surface area contributed by atoms with E-state index in [9.17, 15) is 0 Å². The summed E-state index contributed by atoms with van der Waals surface area (Å²) in [6.07, 6.45) is 1.16. The van der Waals surface area contributed by atoms with E-state index in [0.717, 1.165) is 23.6 Å². The highest BCUT2D eigenvalue weighted by Crippen LogP contribution is 2.20. The highest BCUT2D eigenvalue weighted by atomic mass is 35.5. The number of rotatable bonds is 4. The van der Waals surface area contributed by atoms with Gasteiger partial charge >= 0.3 is 0 Å². The summed E-state index contributed by atoms with van der Waals surface area (Å²) in [6, 6.07) is 6.63. The lowest BCUT2D eigenvalue weighted by Gasteiger charge is -2.14. The summed E-state index contributed by atoms with van der Waals surface area (Å²) in [5.74, 6) is 0. The molecule has 0 saturated carbocycles. The number of aryl methyl sites for hydroxylation is 1. The van der Waals surface area contributed by atoms with E-state index in [4.69, 9.17) is 11.6 Å². The van der Waals surface area contributed by atoms with Gasteiger partial charge in [0.05, 0.1) is 0 Å². The molecular formula is C12H18ClN. The van der Waals surface area contributed by atoms with Crippen LogP contribution < -0.4 is 5.32 Å². The molecule has 0 spiro atoms. The first-order chi connectivity index (χ1) is 6.65. The molecule has 0 radical (unpaired) electrons. The average Bonchev–Trinajstić information content (AvgIpc) is 2.18. The van der Waals surface area contributed by atoms with Crippen LogP contribution in [0.1, 0.15) is 37.4 Å². The van der Waals surface area contributed by atoms with Crippen LogP contribution in [0, 0.1) is 6.92 Å². The summed E-state index contributed by atoms with van der Waals surface area (Å²) in [4.78, 5) is 0. The van der Waals surface area contributed by atoms with Gasteiger partial charge in [-0.15, -0.1) is 0 Å². The summed E-state index contributed by atoms with van der Waals surface area (Å²) in [6.45, 7) is 7.40. The van der Waals surface area contributed by atoms with E-state index < -0.39 is 0 Å². The maximum atomic E-state index is 6.06. The predicted octanol–water partition coefficient (Wildman–Crippen LogP) is 3.71. The predicted molar refractivity (Wildman–Crippen MR) is 62.9 cm³/mol. The van der Waals surface area contributed by atoms with Crippen LogP contribution in [0.3, 0.4) is 0 Å². The second-order valence-electron chi connectivity index (χ2n) is 3.68. The summed E-state index contributed by atoms with van der Waals surface area (Å²) in [5.41, 5.74) is 2.40. The Morgan fingerprint density at radius 2 is 2.14 bits per heavy atom. The summed E-state index contributed by atoms with van der Waals surface area (Å²) in [5, 5.41) is 4.29. The number of hydrogen-bond donors (Lipinski definition) is 1. The number of nitrogens with one attached hydrogen (secondary N) is 1. The molecule has 1 rings (SSSR count). The van der Waals surface area contributed by atoms with Crippen LogP contribution in [0.5, 0.6) is 0 Å². The van der Waals surface area contributed by atoms with Gasteiger partial charge in [0.1, 0.15) is 0 Å². The van der Waals surface area contributed by atoms with Crippen LogP contribution in [0.2, 0.25) is 5.02 Å². The quantitative estimate of drug-likeness (QED) is 0.801. The molecule has 0 aliphatic heterocycles. The zero-order chi connectivity index (χ0) is 10.6. The third-order valence-electron chi connectivity index (χ3n) is 2.40. The lowest BCUT2D eigenvalue weighted by atomic mass is 10.1. The Morgan fingerprint density at radius 3 is 2.71 bits per heavy atom. The largest absolute Gasteiger partial charge is 0.310 e. The molecule has 0 aliphatic rings. The number of benzene rings is 1. The molecule has 1 unspecified atom stereocenters. The summed E-state index contributed by atoms with van der Waals surface area (Å²) in [7, 11) is 0. The van der Waals surface area contributed by atoms with Crippen LogP contribution in [-0.4, -0.2) is 6.54 Å². The highest BCUT2D eigenvalue weighted by molar-refractivity contribution is 6.31. The first kappa shape index (κ1) is 11.5. The first-order valence-electron chi connectivity index (χ1n) is 5.14. The Labute approximate surface area is 91.5 Å². The maximum absolute atomic E-state index is 6.06. The van der Waals surface area contributed by atoms with Crippen molar-refractivity contribution in [3.05, 3.63) is 34.3 Å². The second-order valence-corrected chi connectivity index (χ2v) is 4.09. The van der Waals surface area contributed by atoms with Gasteiger partial charge in [-0.3, -0.25) is 0 Å². The molecule has 0 fully saturated rings. The van der Waals surface area contributed by atoms with Crippen molar-refractivity contribution >= 4 is 11.6 Å². The fourth-order valence-electron chi connectivity index (χ4n) is 1.36. The molecule has 1 aromatic carbocycles. The van der Waals surface area contributed by atoms with Gasteiger partial charge < -0.3 is 5.32 Å². The van der Waals surface area contributed by atoms with Crippen molar-refractivity contribution in [2.24, 2.45) is 0 Å². The molecule has 0 saturated heterocycles. The monoisotopic (exact) mass is 211 g/mol. The van der Waals surface area contributed by atoms with E-state index in [-0.39, 0.29) is 0 Å². The Balaban J connectivity index is 2.70. The molecule has 78 valence electrons. The highest BCUT2D eigenvalue weighted by Gasteiger charge is 2.05. The zero-order valence-electron chi connectivity index (χ0n) is 9.10. The van der Waals surface area contributed by atoms with Gasteiger partial charge in [-0.05, 0) is 44.0 Å². The van der Waals surface area contributed by atoms with Gasteiger partial charge in [-0.2, -0.15) is 0 Å². The minimum Gasteiger partial charge on any atom is -0.310 e. The van der Waals surface area contributed by atoms with Crippen molar-refractivity contribution in [1.82, 2.24) is 5.32 Å². The standard InChI is InChI=1S/C12H18ClN/c1-4-7-14-10(3)11-6-5-9(2)12(13)8-11/h5-6,8,10,14H,4,7H2,1-3H3. The number of halogens is 1. The lowest BCUT2D eigenvalue weighted by molar-refractivity contribution is 0.570. The third kappa shape index (κ3) is 3.00. The third-order valence-corrected chi connectivity index (χ3v) is 2.80.